The molecule has 1 saturated heterocycles. The van der Waals surface area contributed by atoms with Crippen LogP contribution in [0.25, 0.3) is 0 Å². The Morgan fingerprint density at radius 3 is 2.45 bits per heavy atom. The number of alkyl halides is 1. The van der Waals surface area contributed by atoms with E-state index in [0.717, 1.165) is 12.1 Å². The summed E-state index contributed by atoms with van der Waals surface area (Å²) in [5, 5.41) is 51.2. The Hall–Kier alpha value is -5.48. The molecule has 0 aromatic heterocycles. The second-order valence-corrected chi connectivity index (χ2v) is 16.5. The third-order valence-electron chi connectivity index (χ3n) is 12.6. The van der Waals surface area contributed by atoms with Crippen LogP contribution in [0, 0.1) is 42.9 Å². The first-order chi connectivity index (χ1) is 28.0. The molecule has 1 aromatic carbocycles. The van der Waals surface area contributed by atoms with Crippen LogP contribution in [0.3, 0.4) is 0 Å². The number of allylic oxidation sites excluding steroid dienone is 4. The summed E-state index contributed by atoms with van der Waals surface area (Å²) in [5.74, 6) is -9.04. The number of hydrogen-bond donors (Lipinski definition) is 3. The van der Waals surface area contributed by atoms with Gasteiger partial charge in [0.15, 0.2) is 40.9 Å². The van der Waals surface area contributed by atoms with Gasteiger partial charge >= 0.3 is 12.1 Å². The van der Waals surface area contributed by atoms with Gasteiger partial charge in [0, 0.05) is 29.6 Å². The van der Waals surface area contributed by atoms with Crippen LogP contribution >= 0.6 is 0 Å². The number of esters is 1. The van der Waals surface area contributed by atoms with Crippen molar-refractivity contribution in [2.24, 2.45) is 22.7 Å². The molecule has 6 rings (SSSR count). The van der Waals surface area contributed by atoms with E-state index in [4.69, 9.17) is 23.7 Å². The number of ether oxygens (including phenoxy) is 5. The number of fused-ring (bicyclic) bond motifs is 7. The lowest BCUT2D eigenvalue weighted by Crippen LogP contribution is -2.70. The highest BCUT2D eigenvalue weighted by atomic mass is 19.1. The summed E-state index contributed by atoms with van der Waals surface area (Å²) in [7, 11) is 0. The fraction of sp³-hybridized carbons (Fsp3) is 0.632. The number of phenolic OH excluding ortho intramolecular Hbond substituents is 2. The number of aliphatic hydroxyl groups excluding tert-OH is 1. The van der Waals surface area contributed by atoms with Crippen LogP contribution in [0.15, 0.2) is 35.7 Å². The molecule has 0 amide bonds. The van der Waals surface area contributed by atoms with Crippen molar-refractivity contribution in [2.45, 2.75) is 108 Å². The van der Waals surface area contributed by atoms with Gasteiger partial charge in [-0.1, -0.05) is 13.0 Å². The van der Waals surface area contributed by atoms with Gasteiger partial charge in [-0.05, 0) is 82.6 Å². The predicted octanol–water partition coefficient (Wildman–Crippen LogP) is 4.46. The average Bonchev–Trinajstić information content (AvgIpc) is 3.57. The van der Waals surface area contributed by atoms with E-state index in [0.29, 0.717) is 0 Å². The van der Waals surface area contributed by atoms with E-state index in [-0.39, 0.29) is 50.7 Å². The molecule has 2 saturated carbocycles. The first kappa shape index (κ1) is 44.1. The predicted molar refractivity (Wildman–Crippen MR) is 192 cm³/mol. The number of rotatable bonds is 15. The maximum absolute atomic E-state index is 17.7. The molecule has 1 aromatic rings. The molecule has 4 aliphatic carbocycles. The second-order valence-electron chi connectivity index (χ2n) is 16.5. The summed E-state index contributed by atoms with van der Waals surface area (Å²) in [6, 6.07) is 1.63. The van der Waals surface area contributed by atoms with Gasteiger partial charge in [0.25, 0.3) is 10.2 Å². The molecule has 328 valence electrons. The fourth-order valence-electron chi connectivity index (χ4n) is 10.1. The zero-order chi connectivity index (χ0) is 44.2. The molecule has 1 aliphatic heterocycles. The lowest BCUT2D eigenvalue weighted by molar-refractivity contribution is -0.790. The van der Waals surface area contributed by atoms with E-state index in [2.05, 4.69) is 9.68 Å². The number of hydrogen-bond acceptors (Lipinski definition) is 18. The Labute approximate surface area is 339 Å². The van der Waals surface area contributed by atoms with Crippen molar-refractivity contribution < 1.29 is 86.8 Å². The van der Waals surface area contributed by atoms with Crippen LogP contribution in [-0.2, 0) is 38.2 Å². The van der Waals surface area contributed by atoms with Crippen LogP contribution < -0.4 is 4.74 Å². The third-order valence-corrected chi connectivity index (χ3v) is 12.6. The molecule has 1 heterocycles. The maximum atomic E-state index is 17.7. The lowest BCUT2D eigenvalue weighted by Gasteiger charge is -2.62. The van der Waals surface area contributed by atoms with Crippen molar-refractivity contribution in [1.82, 2.24) is 0 Å². The number of nitrogens with zero attached hydrogens (tertiary/aromatic N) is 2. The number of carbonyl (C=O) groups excluding carboxylic acids is 4. The average molecular weight is 855 g/mol. The summed E-state index contributed by atoms with van der Waals surface area (Å²) in [6.07, 6.45) is -4.15. The Morgan fingerprint density at radius 2 is 1.77 bits per heavy atom. The van der Waals surface area contributed by atoms with E-state index in [9.17, 15) is 54.7 Å². The molecule has 20 nitrogen and oxygen atoms in total. The molecule has 60 heavy (non-hydrogen) atoms. The highest BCUT2D eigenvalue weighted by Gasteiger charge is 2.80. The lowest BCUT2D eigenvalue weighted by atomic mass is 9.45. The van der Waals surface area contributed by atoms with Crippen LogP contribution in [0.1, 0.15) is 83.0 Å². The number of aromatic hydroxyl groups is 2. The molecular formula is C38H44F2N2O18. The number of phenols is 2. The molecule has 0 bridgehead atoms. The summed E-state index contributed by atoms with van der Waals surface area (Å²) in [6.45, 7) is 4.14. The van der Waals surface area contributed by atoms with Crippen molar-refractivity contribution in [1.29, 1.82) is 0 Å². The van der Waals surface area contributed by atoms with Crippen LogP contribution in [0.2, 0.25) is 0 Å². The summed E-state index contributed by atoms with van der Waals surface area (Å²) < 4.78 is 61.4. The zero-order valence-corrected chi connectivity index (χ0v) is 32.9. The summed E-state index contributed by atoms with van der Waals surface area (Å²) >= 11 is 0. The number of ketones is 2. The standard InChI is InChI=1S/C38H44F2N2O18/c1-34(2)58-30-15-22-23-14-25(39)24-13-20(43)8-9-35(24,3)37(23,40)28(45)16-36(22,4)38(30,60-34)29(46)18-55-33(49)57-27-12-19(11-26(44)31(27)47)32(48)54-10-6-5-7-21(59-42(52)53)17-56-41(50)51/h8-9,11-12,21-23,28,30,44-45,47H,5-7,10,13-18H2,1-4H3/t21?,22?,23?,28-,30+,35-,36-,37-,38+/m0/s1. The second kappa shape index (κ2) is 15.8. The van der Waals surface area contributed by atoms with E-state index in [1.807, 2.05) is 0 Å². The number of halogens is 2. The van der Waals surface area contributed by atoms with Gasteiger partial charge in [-0.2, -0.15) is 0 Å². The van der Waals surface area contributed by atoms with Crippen molar-refractivity contribution >= 4 is 23.7 Å². The minimum Gasteiger partial charge on any atom is -0.504 e. The van der Waals surface area contributed by atoms with Gasteiger partial charge in [0.2, 0.25) is 11.5 Å². The van der Waals surface area contributed by atoms with Gasteiger partial charge in [-0.3, -0.25) is 9.59 Å². The molecule has 9 atom stereocenters. The third kappa shape index (κ3) is 7.48. The molecule has 3 unspecified atom stereocenters. The van der Waals surface area contributed by atoms with E-state index in [1.54, 1.807) is 20.8 Å². The van der Waals surface area contributed by atoms with E-state index >= 15 is 8.78 Å². The van der Waals surface area contributed by atoms with Crippen molar-refractivity contribution in [3.05, 3.63) is 61.5 Å². The van der Waals surface area contributed by atoms with E-state index < -0.39 is 140 Å². The quantitative estimate of drug-likeness (QED) is 0.0548. The SMILES string of the molecule is CC1(C)O[C@@H]2CC3C4CC(F)=C5CC(=O)C=C[C@]5(C)[C@@]4(F)[C@@H](O)C[C@]3(C)[C@]2(C(=O)COC(=O)Oc2cc(C(=O)OCCCCC(CO[N+](=O)[O-])O[N+](=O)[O-])cc(O)c2O)O1. The number of carbonyl (C=O) groups is 4. The minimum absolute atomic E-state index is 0.00594. The molecule has 5 aliphatic rings. The van der Waals surface area contributed by atoms with Crippen LogP contribution in [0.4, 0.5) is 13.6 Å². The Kier molecular flexibility index (Phi) is 11.6. The molecule has 0 spiro atoms. The maximum Gasteiger partial charge on any atom is 0.514 e. The molecular weight excluding hydrogens is 810 g/mol. The van der Waals surface area contributed by atoms with Crippen LogP contribution in [-0.4, -0.2) is 104 Å². The van der Waals surface area contributed by atoms with Gasteiger partial charge in [0.1, 0.15) is 18.5 Å². The summed E-state index contributed by atoms with van der Waals surface area (Å²) in [4.78, 5) is 81.8. The molecule has 22 heteroatoms. The van der Waals surface area contributed by atoms with Crippen molar-refractivity contribution in [3.63, 3.8) is 0 Å². The normalized spacial score (nSPS) is 32.8. The Morgan fingerprint density at radius 1 is 1.05 bits per heavy atom. The number of Topliss-reactive ketones (excluding diaryl/α,β-unsaturated/α-hetero) is 1. The minimum atomic E-state index is -2.44. The fourth-order valence-corrected chi connectivity index (χ4v) is 10.1. The first-order valence-corrected chi connectivity index (χ1v) is 19.0. The largest absolute Gasteiger partial charge is 0.514 e. The Bertz CT molecular complexity index is 2040. The van der Waals surface area contributed by atoms with Gasteiger partial charge in [-0.25, -0.2) is 18.4 Å². The number of unbranched alkanes of at least 4 members (excludes halogenated alkanes) is 1. The molecule has 3 N–H and O–H groups in total. The Balaban J connectivity index is 1.12. The molecule has 0 radical (unpaired) electrons. The monoisotopic (exact) mass is 854 g/mol. The van der Waals surface area contributed by atoms with Crippen LogP contribution in [0.5, 0.6) is 17.2 Å². The first-order valence-electron chi connectivity index (χ1n) is 19.0. The van der Waals surface area contributed by atoms with Crippen molar-refractivity contribution in [3.8, 4) is 17.2 Å². The van der Waals surface area contributed by atoms with Gasteiger partial charge in [0.05, 0.1) is 24.4 Å². The van der Waals surface area contributed by atoms with Crippen molar-refractivity contribution in [2.75, 3.05) is 19.8 Å². The zero-order valence-electron chi connectivity index (χ0n) is 32.9. The summed E-state index contributed by atoms with van der Waals surface area (Å²) in [5.41, 5.74) is -7.90. The van der Waals surface area contributed by atoms with Gasteiger partial charge < -0.3 is 48.7 Å². The topological polar surface area (TPSA) is 280 Å². The van der Waals surface area contributed by atoms with Gasteiger partial charge in [-0.15, -0.1) is 20.2 Å². The number of aliphatic hydroxyl groups is 1. The van der Waals surface area contributed by atoms with E-state index in [1.165, 1.54) is 19.1 Å². The molecule has 3 fully saturated rings. The highest BCUT2D eigenvalue weighted by Crippen LogP contribution is 2.72. The number of benzene rings is 1. The smallest absolute Gasteiger partial charge is 0.504 e. The highest BCUT2D eigenvalue weighted by molar-refractivity contribution is 5.94.